The smallest absolute Gasteiger partial charge is 0.326 e. The van der Waals surface area contributed by atoms with Gasteiger partial charge in [0.1, 0.15) is 17.9 Å². The Kier molecular flexibility index (Phi) is 6.48. The molecule has 3 atom stereocenters. The Morgan fingerprint density at radius 2 is 1.95 bits per heavy atom. The second-order valence-corrected chi connectivity index (χ2v) is 5.41. The molecule has 2 amide bonds. The van der Waals surface area contributed by atoms with E-state index >= 15 is 0 Å². The topological polar surface area (TPSA) is 124 Å². The third-order valence-corrected chi connectivity index (χ3v) is 3.71. The molecule has 0 spiro atoms. The predicted octanol–water partition coefficient (Wildman–Crippen LogP) is -0.703. The Labute approximate surface area is 128 Å². The van der Waals surface area contributed by atoms with Gasteiger partial charge >= 0.3 is 5.97 Å². The number of likely N-dealkylation sites (tertiary alicyclic amines) is 1. The molecule has 1 aliphatic rings. The summed E-state index contributed by atoms with van der Waals surface area (Å²) in [5.74, 6) is -2.29. The SMILES string of the molecule is CCC(=O)CC[C@@H](NC(=O)[C@@H]1C[C@@H](O)CN1C(C)=O)C(=O)O. The molecule has 1 saturated heterocycles. The number of ketones is 1. The van der Waals surface area contributed by atoms with Gasteiger partial charge in [-0.2, -0.15) is 0 Å². The molecule has 1 aliphatic heterocycles. The number of β-amino-alcohol motifs (C(OH)–C–C–N with tert-alkyl or cyclic N) is 1. The van der Waals surface area contributed by atoms with Crippen LogP contribution >= 0.6 is 0 Å². The Bertz CT molecular complexity index is 464. The fourth-order valence-electron chi connectivity index (χ4n) is 2.42. The van der Waals surface area contributed by atoms with Crippen molar-refractivity contribution in [1.82, 2.24) is 10.2 Å². The van der Waals surface area contributed by atoms with Crippen molar-refractivity contribution in [2.45, 2.75) is 57.7 Å². The van der Waals surface area contributed by atoms with E-state index in [4.69, 9.17) is 5.11 Å². The van der Waals surface area contributed by atoms with Gasteiger partial charge in [0, 0.05) is 32.7 Å². The van der Waals surface area contributed by atoms with E-state index in [-0.39, 0.29) is 37.5 Å². The van der Waals surface area contributed by atoms with Crippen molar-refractivity contribution in [3.05, 3.63) is 0 Å². The number of Topliss-reactive ketones (excluding diaryl/α,β-unsaturated/α-hetero) is 1. The molecule has 0 aliphatic carbocycles. The van der Waals surface area contributed by atoms with Gasteiger partial charge in [-0.05, 0) is 6.42 Å². The highest BCUT2D eigenvalue weighted by atomic mass is 16.4. The number of amides is 2. The summed E-state index contributed by atoms with van der Waals surface area (Å²) in [6.45, 7) is 3.02. The van der Waals surface area contributed by atoms with Crippen LogP contribution in [0.5, 0.6) is 0 Å². The van der Waals surface area contributed by atoms with Gasteiger partial charge < -0.3 is 20.4 Å². The molecule has 124 valence electrons. The molecule has 0 unspecified atom stereocenters. The highest BCUT2D eigenvalue weighted by molar-refractivity contribution is 5.90. The first-order valence-electron chi connectivity index (χ1n) is 7.26. The zero-order chi connectivity index (χ0) is 16.9. The monoisotopic (exact) mass is 314 g/mol. The number of rotatable bonds is 7. The van der Waals surface area contributed by atoms with Crippen LogP contribution in [0.2, 0.25) is 0 Å². The number of carboxylic acids is 1. The summed E-state index contributed by atoms with van der Waals surface area (Å²) in [7, 11) is 0. The van der Waals surface area contributed by atoms with Crippen LogP contribution < -0.4 is 5.32 Å². The number of carbonyl (C=O) groups is 4. The van der Waals surface area contributed by atoms with Gasteiger partial charge in [-0.1, -0.05) is 6.92 Å². The second-order valence-electron chi connectivity index (χ2n) is 5.41. The Balaban J connectivity index is 2.68. The third kappa shape index (κ3) is 4.80. The van der Waals surface area contributed by atoms with Gasteiger partial charge in [-0.15, -0.1) is 0 Å². The fourth-order valence-corrected chi connectivity index (χ4v) is 2.42. The molecule has 0 aromatic heterocycles. The quantitative estimate of drug-likeness (QED) is 0.570. The number of aliphatic carboxylic acids is 1. The lowest BCUT2D eigenvalue weighted by Crippen LogP contribution is -2.50. The minimum absolute atomic E-state index is 0.00307. The Morgan fingerprint density at radius 1 is 1.32 bits per heavy atom. The summed E-state index contributed by atoms with van der Waals surface area (Å²) in [6, 6.07) is -2.06. The van der Waals surface area contributed by atoms with Gasteiger partial charge in [0.05, 0.1) is 6.10 Å². The van der Waals surface area contributed by atoms with Crippen LogP contribution in [0.1, 0.15) is 39.5 Å². The lowest BCUT2D eigenvalue weighted by atomic mass is 10.1. The summed E-state index contributed by atoms with van der Waals surface area (Å²) in [4.78, 5) is 47.3. The first-order valence-corrected chi connectivity index (χ1v) is 7.26. The summed E-state index contributed by atoms with van der Waals surface area (Å²) in [5, 5.41) is 21.1. The van der Waals surface area contributed by atoms with Crippen molar-refractivity contribution in [3.63, 3.8) is 0 Å². The maximum absolute atomic E-state index is 12.2. The van der Waals surface area contributed by atoms with Gasteiger partial charge in [0.15, 0.2) is 0 Å². The number of nitrogens with zero attached hydrogens (tertiary/aromatic N) is 1. The van der Waals surface area contributed by atoms with E-state index in [1.165, 1.54) is 11.8 Å². The van der Waals surface area contributed by atoms with Gasteiger partial charge in [0.2, 0.25) is 11.8 Å². The van der Waals surface area contributed by atoms with Crippen LogP contribution in [0.25, 0.3) is 0 Å². The largest absolute Gasteiger partial charge is 0.480 e. The molecule has 0 saturated carbocycles. The van der Waals surface area contributed by atoms with E-state index in [2.05, 4.69) is 5.32 Å². The van der Waals surface area contributed by atoms with E-state index in [9.17, 15) is 24.3 Å². The molecule has 22 heavy (non-hydrogen) atoms. The lowest BCUT2D eigenvalue weighted by molar-refractivity contribution is -0.143. The molecule has 8 heteroatoms. The van der Waals surface area contributed by atoms with Gasteiger partial charge in [0.25, 0.3) is 0 Å². The summed E-state index contributed by atoms with van der Waals surface area (Å²) in [6.07, 6.45) is -0.344. The van der Waals surface area contributed by atoms with Crippen LogP contribution in [0.15, 0.2) is 0 Å². The average molecular weight is 314 g/mol. The van der Waals surface area contributed by atoms with Crippen molar-refractivity contribution in [2.24, 2.45) is 0 Å². The lowest BCUT2D eigenvalue weighted by Gasteiger charge is -2.24. The standard InChI is InChI=1S/C14H22N2O6/c1-3-9(18)4-5-11(14(21)22)15-13(20)12-6-10(19)7-16(12)8(2)17/h10-12,19H,3-7H2,1-2H3,(H,15,20)(H,21,22)/t10-,11-,12+/m1/s1. The molecular weight excluding hydrogens is 292 g/mol. The van der Waals surface area contributed by atoms with Gasteiger partial charge in [-0.25, -0.2) is 4.79 Å². The normalized spacial score (nSPS) is 22.2. The number of hydrogen-bond donors (Lipinski definition) is 3. The van der Waals surface area contributed by atoms with E-state index in [1.54, 1.807) is 6.92 Å². The molecule has 0 aromatic carbocycles. The maximum atomic E-state index is 12.2. The molecule has 8 nitrogen and oxygen atoms in total. The van der Waals surface area contributed by atoms with Crippen molar-refractivity contribution in [3.8, 4) is 0 Å². The van der Waals surface area contributed by atoms with E-state index < -0.39 is 30.1 Å². The van der Waals surface area contributed by atoms with E-state index in [1.807, 2.05) is 0 Å². The summed E-state index contributed by atoms with van der Waals surface area (Å²) in [5.41, 5.74) is 0. The molecule has 0 radical (unpaired) electrons. The first-order chi connectivity index (χ1) is 10.3. The number of carbonyl (C=O) groups excluding carboxylic acids is 3. The summed E-state index contributed by atoms with van der Waals surface area (Å²) < 4.78 is 0. The van der Waals surface area contributed by atoms with Crippen molar-refractivity contribution < 1.29 is 29.4 Å². The van der Waals surface area contributed by atoms with E-state index in [0.717, 1.165) is 0 Å². The second kappa shape index (κ2) is 7.88. The maximum Gasteiger partial charge on any atom is 0.326 e. The molecule has 0 aromatic rings. The highest BCUT2D eigenvalue weighted by Crippen LogP contribution is 2.18. The van der Waals surface area contributed by atoms with Crippen molar-refractivity contribution in [2.75, 3.05) is 6.54 Å². The number of nitrogens with one attached hydrogen (secondary N) is 1. The van der Waals surface area contributed by atoms with Crippen LogP contribution in [-0.2, 0) is 19.2 Å². The van der Waals surface area contributed by atoms with E-state index in [0.29, 0.717) is 6.42 Å². The first kappa shape index (κ1) is 18.1. The van der Waals surface area contributed by atoms with Crippen LogP contribution in [0.3, 0.4) is 0 Å². The molecular formula is C14H22N2O6. The third-order valence-electron chi connectivity index (χ3n) is 3.71. The van der Waals surface area contributed by atoms with Crippen LogP contribution in [-0.4, -0.2) is 63.4 Å². The number of aliphatic hydroxyl groups excluding tert-OH is 1. The number of aliphatic hydroxyl groups is 1. The average Bonchev–Trinajstić information content (AvgIpc) is 2.84. The molecule has 1 heterocycles. The minimum atomic E-state index is -1.23. The zero-order valence-electron chi connectivity index (χ0n) is 12.7. The molecule has 3 N–H and O–H groups in total. The van der Waals surface area contributed by atoms with Crippen LogP contribution in [0.4, 0.5) is 0 Å². The number of carboxylic acid groups (broad SMARTS) is 1. The predicted molar refractivity (Wildman–Crippen MR) is 75.9 cm³/mol. The summed E-state index contributed by atoms with van der Waals surface area (Å²) >= 11 is 0. The Morgan fingerprint density at radius 3 is 2.45 bits per heavy atom. The molecule has 1 rings (SSSR count). The zero-order valence-corrected chi connectivity index (χ0v) is 12.7. The minimum Gasteiger partial charge on any atom is -0.480 e. The van der Waals surface area contributed by atoms with Crippen molar-refractivity contribution >= 4 is 23.6 Å². The number of hydrogen-bond acceptors (Lipinski definition) is 5. The van der Waals surface area contributed by atoms with Gasteiger partial charge in [-0.3, -0.25) is 14.4 Å². The molecule has 0 bridgehead atoms. The Hall–Kier alpha value is -1.96. The molecule has 1 fully saturated rings. The van der Waals surface area contributed by atoms with Crippen molar-refractivity contribution in [1.29, 1.82) is 0 Å². The fraction of sp³-hybridized carbons (Fsp3) is 0.714. The van der Waals surface area contributed by atoms with Crippen LogP contribution in [0, 0.1) is 0 Å². The highest BCUT2D eigenvalue weighted by Gasteiger charge is 2.38.